The average molecular weight is 291 g/mol. The quantitative estimate of drug-likeness (QED) is 0.841. The van der Waals surface area contributed by atoms with Crippen LogP contribution in [0, 0.1) is 18.3 Å². The van der Waals surface area contributed by atoms with Gasteiger partial charge in [-0.15, -0.1) is 0 Å². The number of para-hydroxylation sites is 1. The standard InChI is InChI=1S/C17H25NO3/c1-6-13-9-7-8-12(4)15(13)18-14(19)10-17(5,11(2)3)16(20)21/h7-9,11H,6,10H2,1-5H3,(H,18,19)(H,20,21). The Bertz CT molecular complexity index is 537. The number of carboxylic acid groups (broad SMARTS) is 1. The van der Waals surface area contributed by atoms with Crippen LogP contribution in [0.3, 0.4) is 0 Å². The topological polar surface area (TPSA) is 66.4 Å². The number of nitrogens with one attached hydrogen (secondary N) is 1. The minimum atomic E-state index is -1.06. The lowest BCUT2D eigenvalue weighted by atomic mass is 9.76. The zero-order valence-electron chi connectivity index (χ0n) is 13.5. The average Bonchev–Trinajstić information content (AvgIpc) is 2.40. The van der Waals surface area contributed by atoms with Crippen LogP contribution < -0.4 is 5.32 Å². The third-order valence-corrected chi connectivity index (χ3v) is 4.30. The molecule has 1 aromatic carbocycles. The predicted molar refractivity (Wildman–Crippen MR) is 84.4 cm³/mol. The lowest BCUT2D eigenvalue weighted by Crippen LogP contribution is -2.37. The van der Waals surface area contributed by atoms with Gasteiger partial charge in [0.1, 0.15) is 0 Å². The zero-order chi connectivity index (χ0) is 16.2. The maximum atomic E-state index is 12.3. The van der Waals surface area contributed by atoms with Gasteiger partial charge in [-0.1, -0.05) is 39.0 Å². The van der Waals surface area contributed by atoms with E-state index in [9.17, 15) is 14.7 Å². The molecule has 4 nitrogen and oxygen atoms in total. The zero-order valence-corrected chi connectivity index (χ0v) is 13.5. The Kier molecular flexibility index (Phi) is 5.53. The van der Waals surface area contributed by atoms with E-state index >= 15 is 0 Å². The first-order valence-corrected chi connectivity index (χ1v) is 7.34. The summed E-state index contributed by atoms with van der Waals surface area (Å²) in [5.74, 6) is -1.31. The summed E-state index contributed by atoms with van der Waals surface area (Å²) in [5.41, 5.74) is 1.80. The molecule has 0 aliphatic rings. The molecule has 2 N–H and O–H groups in total. The van der Waals surface area contributed by atoms with Gasteiger partial charge in [0.25, 0.3) is 0 Å². The van der Waals surface area contributed by atoms with Crippen molar-refractivity contribution in [1.82, 2.24) is 0 Å². The van der Waals surface area contributed by atoms with Crippen LogP contribution in [0.15, 0.2) is 18.2 Å². The van der Waals surface area contributed by atoms with E-state index in [4.69, 9.17) is 0 Å². The molecule has 0 radical (unpaired) electrons. The van der Waals surface area contributed by atoms with E-state index in [-0.39, 0.29) is 18.2 Å². The van der Waals surface area contributed by atoms with Crippen molar-refractivity contribution in [3.05, 3.63) is 29.3 Å². The first-order valence-electron chi connectivity index (χ1n) is 7.34. The van der Waals surface area contributed by atoms with Crippen molar-refractivity contribution in [2.45, 2.75) is 47.5 Å². The van der Waals surface area contributed by atoms with Crippen molar-refractivity contribution >= 4 is 17.6 Å². The van der Waals surface area contributed by atoms with Gasteiger partial charge >= 0.3 is 5.97 Å². The van der Waals surface area contributed by atoms with Crippen LogP contribution in [0.4, 0.5) is 5.69 Å². The Labute approximate surface area is 126 Å². The molecular weight excluding hydrogens is 266 g/mol. The summed E-state index contributed by atoms with van der Waals surface area (Å²) < 4.78 is 0. The highest BCUT2D eigenvalue weighted by atomic mass is 16.4. The third-order valence-electron chi connectivity index (χ3n) is 4.30. The van der Waals surface area contributed by atoms with Crippen LogP contribution in [-0.4, -0.2) is 17.0 Å². The summed E-state index contributed by atoms with van der Waals surface area (Å²) in [5, 5.41) is 12.3. The molecule has 1 rings (SSSR count). The summed E-state index contributed by atoms with van der Waals surface area (Å²) in [4.78, 5) is 23.7. The van der Waals surface area contributed by atoms with Crippen LogP contribution in [0.2, 0.25) is 0 Å². The molecule has 0 aromatic heterocycles. The number of carboxylic acids is 1. The monoisotopic (exact) mass is 291 g/mol. The van der Waals surface area contributed by atoms with Gasteiger partial charge in [-0.2, -0.15) is 0 Å². The van der Waals surface area contributed by atoms with Crippen molar-refractivity contribution in [1.29, 1.82) is 0 Å². The van der Waals surface area contributed by atoms with E-state index < -0.39 is 11.4 Å². The number of amides is 1. The maximum absolute atomic E-state index is 12.3. The molecule has 0 fully saturated rings. The van der Waals surface area contributed by atoms with Gasteiger partial charge < -0.3 is 10.4 Å². The number of hydrogen-bond acceptors (Lipinski definition) is 2. The second-order valence-corrected chi connectivity index (χ2v) is 6.06. The van der Waals surface area contributed by atoms with Crippen molar-refractivity contribution in [2.24, 2.45) is 11.3 Å². The van der Waals surface area contributed by atoms with Gasteiger partial charge in [-0.05, 0) is 37.3 Å². The van der Waals surface area contributed by atoms with E-state index in [0.29, 0.717) is 0 Å². The third kappa shape index (κ3) is 3.84. The summed E-state index contributed by atoms with van der Waals surface area (Å²) >= 11 is 0. The van der Waals surface area contributed by atoms with E-state index in [1.807, 2.05) is 45.9 Å². The first kappa shape index (κ1) is 17.2. The molecule has 0 aliphatic carbocycles. The molecule has 4 heteroatoms. The molecule has 0 aliphatic heterocycles. The summed E-state index contributed by atoms with van der Waals surface area (Å²) in [6.45, 7) is 9.24. The molecule has 0 saturated heterocycles. The number of carbonyl (C=O) groups is 2. The van der Waals surface area contributed by atoms with Crippen molar-refractivity contribution in [3.63, 3.8) is 0 Å². The van der Waals surface area contributed by atoms with Crippen LogP contribution in [0.25, 0.3) is 0 Å². The smallest absolute Gasteiger partial charge is 0.310 e. The number of aliphatic carboxylic acids is 1. The Hall–Kier alpha value is -1.84. The van der Waals surface area contributed by atoms with Crippen molar-refractivity contribution in [2.75, 3.05) is 5.32 Å². The summed E-state index contributed by atoms with van der Waals surface area (Å²) in [7, 11) is 0. The highest BCUT2D eigenvalue weighted by molar-refractivity contribution is 5.95. The largest absolute Gasteiger partial charge is 0.481 e. The van der Waals surface area contributed by atoms with Gasteiger partial charge in [0.05, 0.1) is 5.41 Å². The molecule has 0 bridgehead atoms. The minimum absolute atomic E-state index is 0.0303. The number of benzene rings is 1. The molecule has 116 valence electrons. The first-order chi connectivity index (χ1) is 9.72. The Morgan fingerprint density at radius 3 is 2.43 bits per heavy atom. The summed E-state index contributed by atoms with van der Waals surface area (Å²) in [6, 6.07) is 5.87. The van der Waals surface area contributed by atoms with E-state index in [2.05, 4.69) is 5.32 Å². The lowest BCUT2D eigenvalue weighted by Gasteiger charge is -2.28. The molecule has 1 atom stereocenters. The Balaban J connectivity index is 2.95. The highest BCUT2D eigenvalue weighted by Crippen LogP contribution is 2.32. The Morgan fingerprint density at radius 2 is 1.95 bits per heavy atom. The summed E-state index contributed by atoms with van der Waals surface area (Å²) in [6.07, 6.45) is 0.787. The lowest BCUT2D eigenvalue weighted by molar-refractivity contribution is -0.153. The normalized spacial score (nSPS) is 13.8. The number of hydrogen-bond donors (Lipinski definition) is 2. The molecule has 1 aromatic rings. The molecular formula is C17H25NO3. The molecule has 1 unspecified atom stereocenters. The Morgan fingerprint density at radius 1 is 1.33 bits per heavy atom. The van der Waals surface area contributed by atoms with Crippen molar-refractivity contribution < 1.29 is 14.7 Å². The van der Waals surface area contributed by atoms with Crippen molar-refractivity contribution in [3.8, 4) is 0 Å². The molecule has 0 spiro atoms. The SMILES string of the molecule is CCc1cccc(C)c1NC(=O)CC(C)(C(=O)O)C(C)C. The second-order valence-electron chi connectivity index (χ2n) is 6.06. The number of anilines is 1. The van der Waals surface area contributed by atoms with E-state index in [0.717, 1.165) is 23.2 Å². The van der Waals surface area contributed by atoms with Crippen LogP contribution >= 0.6 is 0 Å². The fraction of sp³-hybridized carbons (Fsp3) is 0.529. The minimum Gasteiger partial charge on any atom is -0.481 e. The number of carbonyl (C=O) groups excluding carboxylic acids is 1. The fourth-order valence-corrected chi connectivity index (χ4v) is 2.25. The highest BCUT2D eigenvalue weighted by Gasteiger charge is 2.38. The van der Waals surface area contributed by atoms with E-state index in [1.165, 1.54) is 0 Å². The number of rotatable bonds is 6. The van der Waals surface area contributed by atoms with Crippen LogP contribution in [-0.2, 0) is 16.0 Å². The van der Waals surface area contributed by atoms with Gasteiger partial charge in [-0.3, -0.25) is 9.59 Å². The number of aryl methyl sites for hydroxylation is 2. The predicted octanol–water partition coefficient (Wildman–Crippen LogP) is 3.63. The maximum Gasteiger partial charge on any atom is 0.310 e. The molecule has 21 heavy (non-hydrogen) atoms. The fourth-order valence-electron chi connectivity index (χ4n) is 2.25. The van der Waals surface area contributed by atoms with Crippen LogP contribution in [0.1, 0.15) is 45.2 Å². The van der Waals surface area contributed by atoms with Crippen LogP contribution in [0.5, 0.6) is 0 Å². The van der Waals surface area contributed by atoms with Gasteiger partial charge in [0, 0.05) is 12.1 Å². The van der Waals surface area contributed by atoms with Gasteiger partial charge in [-0.25, -0.2) is 0 Å². The van der Waals surface area contributed by atoms with E-state index in [1.54, 1.807) is 6.92 Å². The van der Waals surface area contributed by atoms with Gasteiger partial charge in [0.15, 0.2) is 0 Å². The van der Waals surface area contributed by atoms with Gasteiger partial charge in [0.2, 0.25) is 5.91 Å². The molecule has 1 amide bonds. The molecule has 0 saturated carbocycles. The molecule has 0 heterocycles. The second kappa shape index (κ2) is 6.74.